The van der Waals surface area contributed by atoms with Gasteiger partial charge in [-0.1, -0.05) is 74.4 Å². The van der Waals surface area contributed by atoms with E-state index in [1.165, 1.54) is 9.87 Å². The number of nitrogens with zero attached hydrogens (tertiary/aromatic N) is 2. The van der Waals surface area contributed by atoms with Gasteiger partial charge < -0.3 is 14.3 Å². The number of hydrogen-bond donors (Lipinski definition) is 1. The zero-order chi connectivity index (χ0) is 27.4. The highest BCUT2D eigenvalue weighted by Gasteiger charge is 2.31. The van der Waals surface area contributed by atoms with Crippen molar-refractivity contribution in [1.29, 1.82) is 0 Å². The fourth-order valence-corrected chi connectivity index (χ4v) is 5.53. The van der Waals surface area contributed by atoms with Crippen LogP contribution in [-0.4, -0.2) is 37.6 Å². The SMILES string of the molecule is CCCCCN(Cc1nc2oc(-c3ccc(Cc4ccccc4)cc3)c(C(=O)NC)c2cc1C1CC1)S(=O)[O-]. The molecule has 7 nitrogen and oxygen atoms in total. The van der Waals surface area contributed by atoms with E-state index in [4.69, 9.17) is 9.40 Å². The highest BCUT2D eigenvalue weighted by atomic mass is 32.2. The maximum absolute atomic E-state index is 13.1. The summed E-state index contributed by atoms with van der Waals surface area (Å²) in [6, 6.07) is 20.3. The highest BCUT2D eigenvalue weighted by molar-refractivity contribution is 7.76. The molecule has 1 unspecified atom stereocenters. The first-order valence-corrected chi connectivity index (χ1v) is 14.7. The molecule has 2 heterocycles. The Morgan fingerprint density at radius 1 is 1.10 bits per heavy atom. The van der Waals surface area contributed by atoms with Crippen LogP contribution in [0, 0.1) is 0 Å². The molecular weight excluding hydrogens is 510 g/mol. The molecule has 0 spiro atoms. The fourth-order valence-electron chi connectivity index (χ4n) is 5.02. The Bertz CT molecular complexity index is 1460. The summed E-state index contributed by atoms with van der Waals surface area (Å²) in [6.07, 6.45) is 5.66. The molecule has 0 bridgehead atoms. The van der Waals surface area contributed by atoms with Crippen molar-refractivity contribution in [2.24, 2.45) is 0 Å². The molecule has 1 aliphatic carbocycles. The van der Waals surface area contributed by atoms with E-state index < -0.39 is 11.3 Å². The molecule has 0 aliphatic heterocycles. The van der Waals surface area contributed by atoms with Gasteiger partial charge in [0.25, 0.3) is 5.91 Å². The van der Waals surface area contributed by atoms with E-state index in [1.807, 2.05) is 36.4 Å². The zero-order valence-corrected chi connectivity index (χ0v) is 23.3. The average molecular weight is 545 g/mol. The number of aromatic nitrogens is 1. The molecule has 204 valence electrons. The smallest absolute Gasteiger partial charge is 0.255 e. The largest absolute Gasteiger partial charge is 0.760 e. The third kappa shape index (κ3) is 6.30. The molecule has 5 rings (SSSR count). The summed E-state index contributed by atoms with van der Waals surface area (Å²) in [4.78, 5) is 17.9. The third-order valence-electron chi connectivity index (χ3n) is 7.28. The molecule has 1 fully saturated rings. The average Bonchev–Trinajstić information content (AvgIpc) is 3.73. The number of unbranched alkanes of at least 4 members (excludes halogenated alkanes) is 2. The van der Waals surface area contributed by atoms with Crippen molar-refractivity contribution in [2.45, 2.75) is 57.9 Å². The van der Waals surface area contributed by atoms with Crippen LogP contribution in [0.4, 0.5) is 0 Å². The number of hydrogen-bond acceptors (Lipinski definition) is 5. The van der Waals surface area contributed by atoms with Crippen LogP contribution in [0.5, 0.6) is 0 Å². The number of fused-ring (bicyclic) bond motifs is 1. The standard InChI is InChI=1S/C31H35N3O4S/c1-3-4-8-17-34(39(36)37)20-27-25(23-15-16-23)19-26-28(30(35)32-2)29(38-31(26)33-27)24-13-11-22(12-14-24)18-21-9-6-5-7-10-21/h5-7,9-14,19,23H,3-4,8,15-18,20H2,1-2H3,(H,32,35)(H,36,37)/p-1. The molecule has 1 saturated carbocycles. The number of carbonyl (C=O) groups excluding carboxylic acids is 1. The molecule has 1 N–H and O–H groups in total. The lowest BCUT2D eigenvalue weighted by Gasteiger charge is -2.24. The van der Waals surface area contributed by atoms with E-state index in [1.54, 1.807) is 7.05 Å². The Balaban J connectivity index is 1.52. The van der Waals surface area contributed by atoms with Crippen LogP contribution < -0.4 is 5.32 Å². The van der Waals surface area contributed by atoms with Gasteiger partial charge in [-0.05, 0) is 54.4 Å². The third-order valence-corrected chi connectivity index (χ3v) is 8.01. The fraction of sp³-hybridized carbons (Fsp3) is 0.355. The summed E-state index contributed by atoms with van der Waals surface area (Å²) in [5, 5.41) is 3.41. The van der Waals surface area contributed by atoms with Gasteiger partial charge in [-0.3, -0.25) is 9.00 Å². The Hall–Kier alpha value is -3.33. The van der Waals surface area contributed by atoms with Gasteiger partial charge in [0, 0.05) is 30.4 Å². The minimum atomic E-state index is -2.35. The summed E-state index contributed by atoms with van der Waals surface area (Å²) < 4.78 is 31.7. The van der Waals surface area contributed by atoms with Crippen LogP contribution in [-0.2, 0) is 24.2 Å². The van der Waals surface area contributed by atoms with Gasteiger partial charge in [0.2, 0.25) is 5.71 Å². The van der Waals surface area contributed by atoms with Crippen LogP contribution in [0.1, 0.15) is 77.7 Å². The highest BCUT2D eigenvalue weighted by Crippen LogP contribution is 2.44. The van der Waals surface area contributed by atoms with Gasteiger partial charge in [0.15, 0.2) is 0 Å². The lowest BCUT2D eigenvalue weighted by Crippen LogP contribution is -2.27. The van der Waals surface area contributed by atoms with Crippen molar-refractivity contribution in [3.8, 4) is 11.3 Å². The Kier molecular flexibility index (Phi) is 8.55. The summed E-state index contributed by atoms with van der Waals surface area (Å²) in [5.74, 6) is 0.548. The molecule has 4 aromatic rings. The first kappa shape index (κ1) is 27.2. The van der Waals surface area contributed by atoms with Crippen LogP contribution >= 0.6 is 0 Å². The van der Waals surface area contributed by atoms with Gasteiger partial charge in [-0.2, -0.15) is 0 Å². The number of rotatable bonds is 12. The molecular formula is C31H34N3O4S-. The zero-order valence-electron chi connectivity index (χ0n) is 22.4. The van der Waals surface area contributed by atoms with Crippen molar-refractivity contribution in [3.63, 3.8) is 0 Å². The maximum atomic E-state index is 13.1. The monoisotopic (exact) mass is 544 g/mol. The van der Waals surface area contributed by atoms with Gasteiger partial charge >= 0.3 is 0 Å². The summed E-state index contributed by atoms with van der Waals surface area (Å²) in [5.41, 5.74) is 5.69. The summed E-state index contributed by atoms with van der Waals surface area (Å²) in [7, 11) is 1.61. The number of nitrogens with one attached hydrogen (secondary N) is 1. The number of furan rings is 1. The van der Waals surface area contributed by atoms with E-state index >= 15 is 0 Å². The van der Waals surface area contributed by atoms with Crippen molar-refractivity contribution in [2.75, 3.05) is 13.6 Å². The number of pyridine rings is 1. The van der Waals surface area contributed by atoms with E-state index in [0.717, 1.165) is 55.2 Å². The second-order valence-electron chi connectivity index (χ2n) is 10.2. The van der Waals surface area contributed by atoms with Gasteiger partial charge in [0.1, 0.15) is 5.76 Å². The normalized spacial score (nSPS) is 14.2. The predicted molar refractivity (Wildman–Crippen MR) is 153 cm³/mol. The van der Waals surface area contributed by atoms with Crippen molar-refractivity contribution >= 4 is 28.3 Å². The van der Waals surface area contributed by atoms with E-state index in [0.29, 0.717) is 40.6 Å². The molecule has 2 aromatic heterocycles. The second-order valence-corrected chi connectivity index (χ2v) is 11.1. The Labute approximate surface area is 232 Å². The minimum Gasteiger partial charge on any atom is -0.760 e. The van der Waals surface area contributed by atoms with Crippen LogP contribution in [0.2, 0.25) is 0 Å². The Morgan fingerprint density at radius 3 is 2.46 bits per heavy atom. The molecule has 2 aromatic carbocycles. The lowest BCUT2D eigenvalue weighted by atomic mass is 9.99. The van der Waals surface area contributed by atoms with Crippen LogP contribution in [0.3, 0.4) is 0 Å². The van der Waals surface area contributed by atoms with E-state index in [2.05, 4.69) is 36.5 Å². The van der Waals surface area contributed by atoms with Crippen molar-refractivity contribution in [3.05, 3.63) is 88.6 Å². The van der Waals surface area contributed by atoms with Crippen molar-refractivity contribution in [1.82, 2.24) is 14.6 Å². The molecule has 1 aliphatic rings. The van der Waals surface area contributed by atoms with Crippen molar-refractivity contribution < 1.29 is 18.0 Å². The lowest BCUT2D eigenvalue weighted by molar-refractivity contribution is 0.0964. The van der Waals surface area contributed by atoms with Crippen LogP contribution in [0.15, 0.2) is 65.1 Å². The summed E-state index contributed by atoms with van der Waals surface area (Å²) in [6.45, 7) is 2.74. The topological polar surface area (TPSA) is 98.5 Å². The minimum absolute atomic E-state index is 0.196. The Morgan fingerprint density at radius 2 is 1.82 bits per heavy atom. The quantitative estimate of drug-likeness (QED) is 0.171. The molecule has 8 heteroatoms. The second kappa shape index (κ2) is 12.2. The number of benzene rings is 2. The molecule has 1 amide bonds. The van der Waals surface area contributed by atoms with Crippen LogP contribution in [0.25, 0.3) is 22.4 Å². The summed E-state index contributed by atoms with van der Waals surface area (Å²) >= 11 is -2.35. The number of carbonyl (C=O) groups is 1. The molecule has 0 radical (unpaired) electrons. The first-order valence-electron chi connectivity index (χ1n) is 13.6. The molecule has 0 saturated heterocycles. The van der Waals surface area contributed by atoms with E-state index in [-0.39, 0.29) is 12.5 Å². The van der Waals surface area contributed by atoms with E-state index in [9.17, 15) is 13.6 Å². The van der Waals surface area contributed by atoms with Gasteiger partial charge in [0.05, 0.1) is 23.2 Å². The van der Waals surface area contributed by atoms with Gasteiger partial charge in [-0.15, -0.1) is 0 Å². The molecule has 1 atom stereocenters. The van der Waals surface area contributed by atoms with Gasteiger partial charge in [-0.25, -0.2) is 9.29 Å². The maximum Gasteiger partial charge on any atom is 0.255 e. The molecule has 39 heavy (non-hydrogen) atoms. The predicted octanol–water partition coefficient (Wildman–Crippen LogP) is 6.11. The first-order chi connectivity index (χ1) is 19.0. The number of amides is 1.